The minimum atomic E-state index is -1.21. The summed E-state index contributed by atoms with van der Waals surface area (Å²) in [6, 6.07) is 6.62. The van der Waals surface area contributed by atoms with Gasteiger partial charge in [0.2, 0.25) is 5.91 Å². The number of amides is 2. The van der Waals surface area contributed by atoms with Crippen LogP contribution in [0.4, 0.5) is 0 Å². The van der Waals surface area contributed by atoms with Gasteiger partial charge in [-0.2, -0.15) is 0 Å². The number of β-lactam (4-membered cyclic amide) rings is 1. The van der Waals surface area contributed by atoms with Crippen molar-refractivity contribution in [2.75, 3.05) is 11.5 Å². The van der Waals surface area contributed by atoms with Crippen molar-refractivity contribution in [1.82, 2.24) is 10.2 Å². The summed E-state index contributed by atoms with van der Waals surface area (Å²) < 4.78 is 0. The van der Waals surface area contributed by atoms with Gasteiger partial charge in [0, 0.05) is 21.3 Å². The van der Waals surface area contributed by atoms with Crippen molar-refractivity contribution < 1.29 is 19.5 Å². The van der Waals surface area contributed by atoms with Gasteiger partial charge in [-0.3, -0.25) is 25.3 Å². The van der Waals surface area contributed by atoms with Gasteiger partial charge in [0.15, 0.2) is 10.3 Å². The summed E-state index contributed by atoms with van der Waals surface area (Å²) in [7, 11) is 0. The summed E-state index contributed by atoms with van der Waals surface area (Å²) in [5.74, 6) is -1.39. The monoisotopic (exact) mass is 512 g/mol. The van der Waals surface area contributed by atoms with Crippen LogP contribution < -0.4 is 16.8 Å². The number of hydrogen-bond acceptors (Lipinski definition) is 9. The van der Waals surface area contributed by atoms with E-state index in [0.717, 1.165) is 22.2 Å². The third kappa shape index (κ3) is 5.54. The Morgan fingerprint density at radius 2 is 1.91 bits per heavy atom. The van der Waals surface area contributed by atoms with E-state index >= 15 is 0 Å². The number of thioether (sulfide) groups is 4. The molecular formula is C18H20N6O4S4. The second-order valence-corrected chi connectivity index (χ2v) is 10.8. The Labute approximate surface area is 200 Å². The van der Waals surface area contributed by atoms with Crippen LogP contribution in [0, 0.1) is 10.8 Å². The summed E-state index contributed by atoms with van der Waals surface area (Å²) in [5.41, 5.74) is 11.5. The number of amidine groups is 2. The molecule has 10 nitrogen and oxygen atoms in total. The van der Waals surface area contributed by atoms with Gasteiger partial charge in [0.1, 0.15) is 17.1 Å². The van der Waals surface area contributed by atoms with Crippen molar-refractivity contribution in [1.29, 1.82) is 10.8 Å². The van der Waals surface area contributed by atoms with E-state index in [-0.39, 0.29) is 21.8 Å². The quantitative estimate of drug-likeness (QED) is 0.168. The molecular weight excluding hydrogens is 493 g/mol. The molecule has 0 aromatic heterocycles. The standard InChI is InChI=1S/C18H20N6O4S4/c19-17(20)30-5-8-3-1-2-4-9(8)32-10-6-29-15-12(23-11(25)7-31-18(21)22)14(26)24(15)13(10)16(27)28/h1-4,12,15H,5-7H2,(H3,19,20)(H3,21,22)(H,23,25)(H,27,28)/t12-,15-/m1/s1. The largest absolute Gasteiger partial charge is 0.477 e. The third-order valence-corrected chi connectivity index (χ3v) is 8.55. The topological polar surface area (TPSA) is 186 Å². The number of carboxylic acid groups (broad SMARTS) is 1. The predicted octanol–water partition coefficient (Wildman–Crippen LogP) is 1.23. The van der Waals surface area contributed by atoms with Crippen LogP contribution in [0.25, 0.3) is 0 Å². The fourth-order valence-electron chi connectivity index (χ4n) is 3.04. The van der Waals surface area contributed by atoms with Gasteiger partial charge >= 0.3 is 5.97 Å². The van der Waals surface area contributed by atoms with Gasteiger partial charge in [0.05, 0.1) is 5.75 Å². The Morgan fingerprint density at radius 3 is 2.56 bits per heavy atom. The van der Waals surface area contributed by atoms with E-state index in [1.165, 1.54) is 40.2 Å². The van der Waals surface area contributed by atoms with Crippen LogP contribution >= 0.6 is 47.0 Å². The first-order valence-electron chi connectivity index (χ1n) is 9.09. The average Bonchev–Trinajstić information content (AvgIpc) is 2.74. The first kappa shape index (κ1) is 24.4. The molecule has 0 saturated carbocycles. The third-order valence-electron chi connectivity index (χ3n) is 4.40. The number of carbonyl (C=O) groups excluding carboxylic acids is 2. The Kier molecular flexibility index (Phi) is 8.03. The van der Waals surface area contributed by atoms with Crippen molar-refractivity contribution in [2.45, 2.75) is 22.1 Å². The number of rotatable bonds is 8. The Hall–Kier alpha value is -2.29. The van der Waals surface area contributed by atoms with Crippen molar-refractivity contribution >= 4 is 75.2 Å². The summed E-state index contributed by atoms with van der Waals surface area (Å²) in [5, 5.41) is 26.3. The Morgan fingerprint density at radius 1 is 1.22 bits per heavy atom. The molecule has 0 aliphatic carbocycles. The van der Waals surface area contributed by atoms with Gasteiger partial charge in [-0.25, -0.2) is 4.79 Å². The van der Waals surface area contributed by atoms with Crippen LogP contribution in [0.5, 0.6) is 0 Å². The number of fused-ring (bicyclic) bond motifs is 1. The molecule has 170 valence electrons. The molecule has 2 amide bonds. The number of aliphatic carboxylic acids is 1. The summed E-state index contributed by atoms with van der Waals surface area (Å²) in [6.07, 6.45) is 0. The van der Waals surface area contributed by atoms with Gasteiger partial charge in [-0.05, 0) is 11.6 Å². The van der Waals surface area contributed by atoms with Crippen molar-refractivity contribution in [3.63, 3.8) is 0 Å². The van der Waals surface area contributed by atoms with E-state index in [9.17, 15) is 19.5 Å². The molecule has 14 heteroatoms. The van der Waals surface area contributed by atoms with Crippen molar-refractivity contribution in [3.8, 4) is 0 Å². The maximum atomic E-state index is 12.7. The highest BCUT2D eigenvalue weighted by atomic mass is 32.2. The van der Waals surface area contributed by atoms with Crippen LogP contribution in [0.1, 0.15) is 5.56 Å². The smallest absolute Gasteiger partial charge is 0.353 e. The van der Waals surface area contributed by atoms with E-state index in [4.69, 9.17) is 22.3 Å². The lowest BCUT2D eigenvalue weighted by Crippen LogP contribution is -2.70. The molecule has 2 heterocycles. The summed E-state index contributed by atoms with van der Waals surface area (Å²) >= 11 is 4.68. The average molecular weight is 513 g/mol. The van der Waals surface area contributed by atoms with E-state index < -0.39 is 29.2 Å². The highest BCUT2D eigenvalue weighted by Crippen LogP contribution is 2.45. The Bertz CT molecular complexity index is 1020. The van der Waals surface area contributed by atoms with E-state index in [2.05, 4.69) is 5.32 Å². The highest BCUT2D eigenvalue weighted by Gasteiger charge is 2.54. The molecule has 0 radical (unpaired) electrons. The summed E-state index contributed by atoms with van der Waals surface area (Å²) in [4.78, 5) is 39.3. The minimum absolute atomic E-state index is 0.00715. The van der Waals surface area contributed by atoms with Crippen molar-refractivity contribution in [2.24, 2.45) is 11.5 Å². The lowest BCUT2D eigenvalue weighted by atomic mass is 10.1. The second kappa shape index (κ2) is 10.6. The Balaban J connectivity index is 1.77. The second-order valence-electron chi connectivity index (χ2n) is 6.55. The van der Waals surface area contributed by atoms with Gasteiger partial charge in [-0.15, -0.1) is 11.8 Å². The number of nitrogens with one attached hydrogen (secondary N) is 3. The molecule has 1 fully saturated rings. The first-order valence-corrected chi connectivity index (χ1v) is 12.9. The van der Waals surface area contributed by atoms with Crippen LogP contribution in [0.3, 0.4) is 0 Å². The van der Waals surface area contributed by atoms with E-state index in [0.29, 0.717) is 16.4 Å². The molecule has 8 N–H and O–H groups in total. The molecule has 2 aliphatic heterocycles. The molecule has 1 saturated heterocycles. The van der Waals surface area contributed by atoms with Crippen LogP contribution in [0.2, 0.25) is 0 Å². The van der Waals surface area contributed by atoms with Crippen LogP contribution in [-0.2, 0) is 20.1 Å². The van der Waals surface area contributed by atoms with Gasteiger partial charge in [-0.1, -0.05) is 53.5 Å². The lowest BCUT2D eigenvalue weighted by molar-refractivity contribution is -0.150. The number of nitrogens with zero attached hydrogens (tertiary/aromatic N) is 1. The van der Waals surface area contributed by atoms with Gasteiger partial charge in [0.25, 0.3) is 5.91 Å². The SMILES string of the molecule is N=C(N)SCC(=O)N[C@@H]1C(=O)N2C(C(=O)O)=C(Sc3ccccc3CSC(=N)N)CS[C@H]12. The minimum Gasteiger partial charge on any atom is -0.477 e. The fraction of sp³-hybridized carbons (Fsp3) is 0.278. The van der Waals surface area contributed by atoms with E-state index in [1.807, 2.05) is 24.3 Å². The van der Waals surface area contributed by atoms with Crippen LogP contribution in [-0.4, -0.2) is 61.0 Å². The number of carbonyl (C=O) groups is 3. The predicted molar refractivity (Wildman–Crippen MR) is 130 cm³/mol. The molecule has 0 bridgehead atoms. The molecule has 0 unspecified atom stereocenters. The van der Waals surface area contributed by atoms with Crippen LogP contribution in [0.15, 0.2) is 39.8 Å². The maximum absolute atomic E-state index is 12.7. The molecule has 3 rings (SSSR count). The van der Waals surface area contributed by atoms with Crippen molar-refractivity contribution in [3.05, 3.63) is 40.4 Å². The zero-order chi connectivity index (χ0) is 23.4. The number of nitrogens with two attached hydrogens (primary N) is 2. The molecule has 2 aliphatic rings. The molecule has 2 atom stereocenters. The zero-order valence-electron chi connectivity index (χ0n) is 16.5. The molecule has 32 heavy (non-hydrogen) atoms. The first-order chi connectivity index (χ1) is 15.2. The van der Waals surface area contributed by atoms with Gasteiger partial charge < -0.3 is 21.9 Å². The number of carboxylic acids is 1. The normalized spacial score (nSPS) is 19.8. The molecule has 0 spiro atoms. The maximum Gasteiger partial charge on any atom is 0.353 e. The lowest BCUT2D eigenvalue weighted by Gasteiger charge is -2.49. The molecule has 1 aromatic carbocycles. The zero-order valence-corrected chi connectivity index (χ0v) is 19.8. The fourth-order valence-corrected chi connectivity index (χ4v) is 6.66. The van der Waals surface area contributed by atoms with E-state index in [1.54, 1.807) is 0 Å². The highest BCUT2D eigenvalue weighted by molar-refractivity contribution is 8.14. The number of hydrogen-bond donors (Lipinski definition) is 6. The summed E-state index contributed by atoms with van der Waals surface area (Å²) in [6.45, 7) is 0. The molecule has 1 aromatic rings. The number of benzene rings is 1.